The lowest BCUT2D eigenvalue weighted by Gasteiger charge is -2.32. The molecule has 1 atom stereocenters. The summed E-state index contributed by atoms with van der Waals surface area (Å²) in [6.07, 6.45) is 2.16. The van der Waals surface area contributed by atoms with Gasteiger partial charge in [-0.2, -0.15) is 0 Å². The highest BCUT2D eigenvalue weighted by molar-refractivity contribution is 5.79. The van der Waals surface area contributed by atoms with Crippen molar-refractivity contribution in [2.75, 3.05) is 13.1 Å². The molecule has 1 aliphatic rings. The number of aryl methyl sites for hydroxylation is 2. The van der Waals surface area contributed by atoms with E-state index in [1.807, 2.05) is 6.92 Å². The zero-order valence-electron chi connectivity index (χ0n) is 11.9. The molecular weight excluding hydrogens is 260 g/mol. The van der Waals surface area contributed by atoms with E-state index in [1.54, 1.807) is 11.8 Å². The molecule has 1 amide bonds. The summed E-state index contributed by atoms with van der Waals surface area (Å²) >= 11 is 0. The number of amides is 1. The van der Waals surface area contributed by atoms with Crippen LogP contribution in [0, 0.1) is 19.8 Å². The summed E-state index contributed by atoms with van der Waals surface area (Å²) in [7, 11) is 0. The highest BCUT2D eigenvalue weighted by Gasteiger charge is 2.26. The van der Waals surface area contributed by atoms with E-state index in [9.17, 15) is 9.59 Å². The van der Waals surface area contributed by atoms with Crippen LogP contribution in [-0.2, 0) is 16.0 Å². The second-order valence-corrected chi connectivity index (χ2v) is 5.43. The molecule has 1 aromatic heterocycles. The van der Waals surface area contributed by atoms with Crippen molar-refractivity contribution in [2.24, 2.45) is 5.92 Å². The van der Waals surface area contributed by atoms with E-state index in [0.29, 0.717) is 18.8 Å². The number of rotatable bonds is 4. The summed E-state index contributed by atoms with van der Waals surface area (Å²) < 4.78 is 5.06. The van der Waals surface area contributed by atoms with Crippen LogP contribution in [0.15, 0.2) is 4.52 Å². The minimum atomic E-state index is -0.796. The molecule has 1 fully saturated rings. The van der Waals surface area contributed by atoms with Crippen LogP contribution >= 0.6 is 0 Å². The standard InChI is InChI=1S/C14H20N2O4/c1-9-12(10(2)20-15-9)7-13(17)16-5-3-4-11(8-16)6-14(18)19/h11H,3-8H2,1-2H3,(H,18,19). The smallest absolute Gasteiger partial charge is 0.303 e. The number of carbonyl (C=O) groups is 2. The van der Waals surface area contributed by atoms with Gasteiger partial charge in [0.15, 0.2) is 0 Å². The SMILES string of the molecule is Cc1noc(C)c1CC(=O)N1CCCC(CC(=O)O)C1. The Morgan fingerprint density at radius 3 is 2.80 bits per heavy atom. The second kappa shape index (κ2) is 6.07. The molecule has 20 heavy (non-hydrogen) atoms. The summed E-state index contributed by atoms with van der Waals surface area (Å²) in [6, 6.07) is 0. The molecule has 2 heterocycles. The zero-order chi connectivity index (χ0) is 14.7. The fourth-order valence-corrected chi connectivity index (χ4v) is 2.72. The first kappa shape index (κ1) is 14.6. The normalized spacial score (nSPS) is 19.1. The van der Waals surface area contributed by atoms with Gasteiger partial charge in [-0.1, -0.05) is 5.16 Å². The van der Waals surface area contributed by atoms with Crippen LogP contribution in [-0.4, -0.2) is 40.1 Å². The van der Waals surface area contributed by atoms with E-state index >= 15 is 0 Å². The van der Waals surface area contributed by atoms with Crippen LogP contribution in [0.5, 0.6) is 0 Å². The maximum absolute atomic E-state index is 12.3. The Morgan fingerprint density at radius 1 is 1.45 bits per heavy atom. The van der Waals surface area contributed by atoms with Crippen molar-refractivity contribution in [1.82, 2.24) is 10.1 Å². The average Bonchev–Trinajstić information content (AvgIpc) is 2.70. The van der Waals surface area contributed by atoms with Gasteiger partial charge in [-0.3, -0.25) is 9.59 Å². The quantitative estimate of drug-likeness (QED) is 0.904. The van der Waals surface area contributed by atoms with Gasteiger partial charge in [0.2, 0.25) is 5.91 Å². The lowest BCUT2D eigenvalue weighted by Crippen LogP contribution is -2.41. The molecule has 1 unspecified atom stereocenters. The summed E-state index contributed by atoms with van der Waals surface area (Å²) in [4.78, 5) is 24.8. The summed E-state index contributed by atoms with van der Waals surface area (Å²) in [5.41, 5.74) is 1.59. The molecule has 1 N–H and O–H groups in total. The molecule has 0 aliphatic carbocycles. The Balaban J connectivity index is 1.97. The first-order valence-corrected chi connectivity index (χ1v) is 6.88. The third-order valence-electron chi connectivity index (χ3n) is 3.84. The van der Waals surface area contributed by atoms with Gasteiger partial charge in [0.1, 0.15) is 5.76 Å². The number of piperidine rings is 1. The van der Waals surface area contributed by atoms with Crippen molar-refractivity contribution in [3.63, 3.8) is 0 Å². The van der Waals surface area contributed by atoms with Gasteiger partial charge in [-0.15, -0.1) is 0 Å². The molecule has 1 aromatic rings. The number of nitrogens with zero attached hydrogens (tertiary/aromatic N) is 2. The Morgan fingerprint density at radius 2 is 2.20 bits per heavy atom. The van der Waals surface area contributed by atoms with Crippen molar-refractivity contribution in [2.45, 2.75) is 39.5 Å². The van der Waals surface area contributed by atoms with E-state index < -0.39 is 5.97 Å². The minimum Gasteiger partial charge on any atom is -0.481 e. The molecule has 0 bridgehead atoms. The van der Waals surface area contributed by atoms with Gasteiger partial charge < -0.3 is 14.5 Å². The van der Waals surface area contributed by atoms with E-state index in [2.05, 4.69) is 5.16 Å². The Kier molecular flexibility index (Phi) is 4.42. The molecule has 0 aromatic carbocycles. The van der Waals surface area contributed by atoms with Crippen LogP contribution in [0.2, 0.25) is 0 Å². The van der Waals surface area contributed by atoms with Gasteiger partial charge in [0, 0.05) is 25.1 Å². The highest BCUT2D eigenvalue weighted by atomic mass is 16.5. The predicted molar refractivity (Wildman–Crippen MR) is 71.2 cm³/mol. The molecule has 110 valence electrons. The second-order valence-electron chi connectivity index (χ2n) is 5.43. The number of carboxylic acids is 1. The topological polar surface area (TPSA) is 83.6 Å². The summed E-state index contributed by atoms with van der Waals surface area (Å²) in [5, 5.41) is 12.7. The van der Waals surface area contributed by atoms with E-state index in [-0.39, 0.29) is 24.7 Å². The molecular formula is C14H20N2O4. The maximum atomic E-state index is 12.3. The van der Waals surface area contributed by atoms with Crippen LogP contribution in [0.1, 0.15) is 36.3 Å². The molecule has 0 radical (unpaired) electrons. The van der Waals surface area contributed by atoms with Crippen LogP contribution in [0.4, 0.5) is 0 Å². The number of hydrogen-bond donors (Lipinski definition) is 1. The lowest BCUT2D eigenvalue weighted by atomic mass is 9.94. The lowest BCUT2D eigenvalue weighted by molar-refractivity contribution is -0.140. The monoisotopic (exact) mass is 280 g/mol. The molecule has 1 aliphatic heterocycles. The largest absolute Gasteiger partial charge is 0.481 e. The fourth-order valence-electron chi connectivity index (χ4n) is 2.72. The zero-order valence-corrected chi connectivity index (χ0v) is 11.9. The number of carbonyl (C=O) groups excluding carboxylic acids is 1. The third-order valence-corrected chi connectivity index (χ3v) is 3.84. The van der Waals surface area contributed by atoms with Crippen molar-refractivity contribution >= 4 is 11.9 Å². The first-order chi connectivity index (χ1) is 9.47. The van der Waals surface area contributed by atoms with E-state index in [4.69, 9.17) is 9.63 Å². The Hall–Kier alpha value is -1.85. The van der Waals surface area contributed by atoms with Crippen molar-refractivity contribution in [3.8, 4) is 0 Å². The average molecular weight is 280 g/mol. The van der Waals surface area contributed by atoms with Crippen LogP contribution in [0.25, 0.3) is 0 Å². The molecule has 6 heteroatoms. The van der Waals surface area contributed by atoms with E-state index in [1.165, 1.54) is 0 Å². The number of hydrogen-bond acceptors (Lipinski definition) is 4. The van der Waals surface area contributed by atoms with Gasteiger partial charge in [-0.05, 0) is 32.6 Å². The first-order valence-electron chi connectivity index (χ1n) is 6.88. The van der Waals surface area contributed by atoms with E-state index in [0.717, 1.165) is 24.1 Å². The minimum absolute atomic E-state index is 0.0227. The number of carboxylic acid groups (broad SMARTS) is 1. The fraction of sp³-hybridized carbons (Fsp3) is 0.643. The summed E-state index contributed by atoms with van der Waals surface area (Å²) in [5.74, 6) is -0.0330. The van der Waals surface area contributed by atoms with Crippen LogP contribution < -0.4 is 0 Å². The van der Waals surface area contributed by atoms with Crippen molar-refractivity contribution in [1.29, 1.82) is 0 Å². The summed E-state index contributed by atoms with van der Waals surface area (Å²) in [6.45, 7) is 4.86. The Bertz CT molecular complexity index is 490. The Labute approximate surface area is 117 Å². The van der Waals surface area contributed by atoms with Crippen molar-refractivity contribution in [3.05, 3.63) is 17.0 Å². The number of aliphatic carboxylic acids is 1. The molecule has 2 rings (SSSR count). The van der Waals surface area contributed by atoms with Crippen molar-refractivity contribution < 1.29 is 19.2 Å². The number of likely N-dealkylation sites (tertiary alicyclic amines) is 1. The molecule has 6 nitrogen and oxygen atoms in total. The molecule has 0 spiro atoms. The third kappa shape index (κ3) is 3.37. The molecule has 1 saturated heterocycles. The van der Waals surface area contributed by atoms with Gasteiger partial charge in [0.05, 0.1) is 12.1 Å². The maximum Gasteiger partial charge on any atom is 0.303 e. The molecule has 0 saturated carbocycles. The van der Waals surface area contributed by atoms with Crippen LogP contribution in [0.3, 0.4) is 0 Å². The van der Waals surface area contributed by atoms with Gasteiger partial charge in [-0.25, -0.2) is 0 Å². The predicted octanol–water partition coefficient (Wildman–Crippen LogP) is 1.55. The highest BCUT2D eigenvalue weighted by Crippen LogP contribution is 2.21. The number of aromatic nitrogens is 1. The van der Waals surface area contributed by atoms with Gasteiger partial charge in [0.25, 0.3) is 0 Å². The van der Waals surface area contributed by atoms with Gasteiger partial charge >= 0.3 is 5.97 Å².